The van der Waals surface area contributed by atoms with E-state index in [-0.39, 0.29) is 22.2 Å². The number of thiocarbonyl (C=S) groups is 1. The van der Waals surface area contributed by atoms with Crippen LogP contribution in [0.15, 0.2) is 30.4 Å². The summed E-state index contributed by atoms with van der Waals surface area (Å²) in [5, 5.41) is 12.7. The zero-order valence-electron chi connectivity index (χ0n) is 13.5. The third-order valence-electron chi connectivity index (χ3n) is 3.46. The van der Waals surface area contributed by atoms with E-state index >= 15 is 0 Å². The highest BCUT2D eigenvalue weighted by atomic mass is 32.1. The van der Waals surface area contributed by atoms with Crippen molar-refractivity contribution in [3.05, 3.63) is 41.5 Å². The summed E-state index contributed by atoms with van der Waals surface area (Å²) in [6.45, 7) is 5.82. The van der Waals surface area contributed by atoms with Gasteiger partial charge in [-0.2, -0.15) is 0 Å². The van der Waals surface area contributed by atoms with Gasteiger partial charge in [-0.05, 0) is 49.3 Å². The number of carbonyl (C=O) groups excluding carboxylic acids is 2. The summed E-state index contributed by atoms with van der Waals surface area (Å²) in [5.41, 5.74) is 1.12. The summed E-state index contributed by atoms with van der Waals surface area (Å²) >= 11 is 4.91. The molecule has 0 bridgehead atoms. The van der Waals surface area contributed by atoms with Crippen molar-refractivity contribution in [1.29, 1.82) is 0 Å². The van der Waals surface area contributed by atoms with Gasteiger partial charge in [0.1, 0.15) is 5.57 Å². The van der Waals surface area contributed by atoms with Crippen LogP contribution in [0.5, 0.6) is 11.5 Å². The van der Waals surface area contributed by atoms with E-state index < -0.39 is 11.8 Å². The van der Waals surface area contributed by atoms with Crippen LogP contribution >= 0.6 is 12.2 Å². The molecule has 1 aromatic rings. The fourth-order valence-electron chi connectivity index (χ4n) is 2.26. The molecule has 126 valence electrons. The number of benzene rings is 1. The van der Waals surface area contributed by atoms with Gasteiger partial charge in [0.2, 0.25) is 0 Å². The minimum Gasteiger partial charge on any atom is -0.504 e. The average molecular weight is 346 g/mol. The van der Waals surface area contributed by atoms with Gasteiger partial charge in [-0.3, -0.25) is 19.8 Å². The van der Waals surface area contributed by atoms with E-state index in [0.29, 0.717) is 24.2 Å². The molecule has 0 atom stereocenters. The number of rotatable bonds is 5. The summed E-state index contributed by atoms with van der Waals surface area (Å²) in [5.74, 6) is -0.729. The minimum atomic E-state index is -0.556. The monoisotopic (exact) mass is 346 g/mol. The predicted octanol–water partition coefficient (Wildman–Crippen LogP) is 1.78. The van der Waals surface area contributed by atoms with Crippen LogP contribution in [0.3, 0.4) is 0 Å². The molecule has 0 aliphatic carbocycles. The summed E-state index contributed by atoms with van der Waals surface area (Å²) in [4.78, 5) is 25.5. The lowest BCUT2D eigenvalue weighted by atomic mass is 10.0. The highest BCUT2D eigenvalue weighted by Crippen LogP contribution is 2.33. The molecular weight excluding hydrogens is 328 g/mol. The van der Waals surface area contributed by atoms with Crippen molar-refractivity contribution in [2.75, 3.05) is 13.7 Å². The van der Waals surface area contributed by atoms with Crippen LogP contribution < -0.4 is 10.1 Å². The quantitative estimate of drug-likeness (QED) is 0.368. The Morgan fingerprint density at radius 1 is 1.42 bits per heavy atom. The lowest BCUT2D eigenvalue weighted by molar-refractivity contribution is -0.128. The molecule has 2 amide bonds. The van der Waals surface area contributed by atoms with Gasteiger partial charge in [0.15, 0.2) is 16.6 Å². The zero-order chi connectivity index (χ0) is 17.9. The topological polar surface area (TPSA) is 78.9 Å². The molecule has 1 heterocycles. The number of aromatic hydroxyl groups is 1. The molecular formula is C17H18N2O4S. The Labute approximate surface area is 145 Å². The van der Waals surface area contributed by atoms with Crippen molar-refractivity contribution in [2.24, 2.45) is 0 Å². The second-order valence-electron chi connectivity index (χ2n) is 5.13. The van der Waals surface area contributed by atoms with Crippen LogP contribution in [-0.4, -0.2) is 40.6 Å². The predicted molar refractivity (Wildman–Crippen MR) is 94.7 cm³/mol. The summed E-state index contributed by atoms with van der Waals surface area (Å²) in [6.07, 6.45) is 3.52. The van der Waals surface area contributed by atoms with Crippen molar-refractivity contribution < 1.29 is 19.4 Å². The molecule has 1 saturated heterocycles. The van der Waals surface area contributed by atoms with E-state index in [1.54, 1.807) is 25.1 Å². The molecule has 0 spiro atoms. The van der Waals surface area contributed by atoms with E-state index in [0.717, 1.165) is 0 Å². The maximum Gasteiger partial charge on any atom is 0.265 e. The van der Waals surface area contributed by atoms with Gasteiger partial charge in [-0.1, -0.05) is 6.08 Å². The first-order chi connectivity index (χ1) is 11.4. The molecule has 0 aromatic heterocycles. The van der Waals surface area contributed by atoms with E-state index in [4.69, 9.17) is 17.0 Å². The molecule has 2 N–H and O–H groups in total. The first-order valence-electron chi connectivity index (χ1n) is 7.33. The Morgan fingerprint density at radius 2 is 2.12 bits per heavy atom. The Morgan fingerprint density at radius 3 is 2.75 bits per heavy atom. The Bertz CT molecular complexity index is 755. The Balaban J connectivity index is 2.51. The van der Waals surface area contributed by atoms with Gasteiger partial charge >= 0.3 is 0 Å². The van der Waals surface area contributed by atoms with Gasteiger partial charge in [0.25, 0.3) is 11.8 Å². The molecule has 2 rings (SSSR count). The number of hydrogen-bond donors (Lipinski definition) is 2. The Kier molecular flexibility index (Phi) is 5.35. The number of phenols is 1. The molecule has 1 aliphatic rings. The molecule has 24 heavy (non-hydrogen) atoms. The maximum absolute atomic E-state index is 12.3. The van der Waals surface area contributed by atoms with E-state index in [9.17, 15) is 14.7 Å². The number of carbonyl (C=O) groups is 2. The molecule has 0 radical (unpaired) electrons. The Hall–Kier alpha value is -2.67. The van der Waals surface area contributed by atoms with Crippen LogP contribution in [0.2, 0.25) is 0 Å². The smallest absolute Gasteiger partial charge is 0.265 e. The van der Waals surface area contributed by atoms with Gasteiger partial charge in [0, 0.05) is 12.6 Å². The first-order valence-corrected chi connectivity index (χ1v) is 7.74. The van der Waals surface area contributed by atoms with Crippen molar-refractivity contribution in [1.82, 2.24) is 10.2 Å². The van der Waals surface area contributed by atoms with Gasteiger partial charge < -0.3 is 9.84 Å². The molecule has 0 saturated carbocycles. The van der Waals surface area contributed by atoms with Gasteiger partial charge in [0.05, 0.1) is 6.61 Å². The third kappa shape index (κ3) is 3.46. The van der Waals surface area contributed by atoms with Gasteiger partial charge in [-0.25, -0.2) is 0 Å². The number of nitrogens with one attached hydrogen (secondary N) is 1. The lowest BCUT2D eigenvalue weighted by Gasteiger charge is -2.25. The number of allylic oxidation sites excluding steroid dienone is 1. The second-order valence-corrected chi connectivity index (χ2v) is 5.52. The van der Waals surface area contributed by atoms with Crippen LogP contribution in [0.4, 0.5) is 0 Å². The number of nitrogens with zero attached hydrogens (tertiary/aromatic N) is 1. The zero-order valence-corrected chi connectivity index (χ0v) is 14.3. The summed E-state index contributed by atoms with van der Waals surface area (Å²) in [6, 6.07) is 3.26. The van der Waals surface area contributed by atoms with Crippen LogP contribution in [0.1, 0.15) is 18.1 Å². The van der Waals surface area contributed by atoms with Gasteiger partial charge in [-0.15, -0.1) is 6.58 Å². The number of likely N-dealkylation sites (N-methyl/N-ethyl adjacent to an activating group) is 1. The van der Waals surface area contributed by atoms with Crippen molar-refractivity contribution in [2.45, 2.75) is 13.3 Å². The second kappa shape index (κ2) is 7.27. The number of amides is 2. The standard InChI is InChI=1S/C17H18N2O4S/c1-4-6-11-7-10(9-13(14(11)20)23-5-2)8-12-15(21)18-17(24)19(3)16(12)22/h4,7-9,20H,1,5-6H2,2-3H3,(H,18,21,24)/b12-8+. The third-order valence-corrected chi connectivity index (χ3v) is 3.83. The van der Waals surface area contributed by atoms with E-state index in [1.807, 2.05) is 0 Å². The average Bonchev–Trinajstić information content (AvgIpc) is 2.54. The minimum absolute atomic E-state index is 0.0246. The summed E-state index contributed by atoms with van der Waals surface area (Å²) in [7, 11) is 1.49. The fourth-order valence-corrected chi connectivity index (χ4v) is 2.44. The molecule has 1 aliphatic heterocycles. The summed E-state index contributed by atoms with van der Waals surface area (Å²) < 4.78 is 5.42. The maximum atomic E-state index is 12.3. The first kappa shape index (κ1) is 17.7. The van der Waals surface area contributed by atoms with Crippen molar-refractivity contribution >= 4 is 35.2 Å². The highest BCUT2D eigenvalue weighted by Gasteiger charge is 2.30. The molecule has 1 aromatic carbocycles. The molecule has 7 heteroatoms. The number of phenolic OH excluding ortho intramolecular Hbond substituents is 1. The van der Waals surface area contributed by atoms with E-state index in [1.165, 1.54) is 18.0 Å². The number of hydrogen-bond acceptors (Lipinski definition) is 5. The molecule has 1 fully saturated rings. The molecule has 6 nitrogen and oxygen atoms in total. The number of ether oxygens (including phenoxy) is 1. The van der Waals surface area contributed by atoms with Crippen LogP contribution in [0, 0.1) is 0 Å². The lowest BCUT2D eigenvalue weighted by Crippen LogP contribution is -2.52. The van der Waals surface area contributed by atoms with Crippen LogP contribution in [0.25, 0.3) is 6.08 Å². The van der Waals surface area contributed by atoms with E-state index in [2.05, 4.69) is 11.9 Å². The SMILES string of the molecule is C=CCc1cc(/C=C2\C(=O)NC(=S)N(C)C2=O)cc(OCC)c1O. The molecule has 0 unspecified atom stereocenters. The van der Waals surface area contributed by atoms with Crippen LogP contribution in [-0.2, 0) is 16.0 Å². The highest BCUT2D eigenvalue weighted by molar-refractivity contribution is 7.80. The largest absolute Gasteiger partial charge is 0.504 e. The fraction of sp³-hybridized carbons (Fsp3) is 0.235. The normalized spacial score (nSPS) is 16.3. The van der Waals surface area contributed by atoms with Crippen molar-refractivity contribution in [3.63, 3.8) is 0 Å². The van der Waals surface area contributed by atoms with Crippen molar-refractivity contribution in [3.8, 4) is 11.5 Å².